The summed E-state index contributed by atoms with van der Waals surface area (Å²) in [5.41, 5.74) is 3.20. The molecule has 0 spiro atoms. The van der Waals surface area contributed by atoms with Gasteiger partial charge in [0.1, 0.15) is 5.82 Å². The highest BCUT2D eigenvalue weighted by molar-refractivity contribution is 5.97. The van der Waals surface area contributed by atoms with E-state index in [0.29, 0.717) is 5.56 Å². The molecule has 0 aliphatic heterocycles. The van der Waals surface area contributed by atoms with Crippen molar-refractivity contribution in [1.82, 2.24) is 4.98 Å². The first-order chi connectivity index (χ1) is 8.56. The van der Waals surface area contributed by atoms with Crippen LogP contribution in [-0.4, -0.2) is 10.8 Å². The van der Waals surface area contributed by atoms with E-state index in [-0.39, 0.29) is 18.0 Å². The highest BCUT2D eigenvalue weighted by Crippen LogP contribution is 2.13. The molecular formula is C15H14FNO. The van der Waals surface area contributed by atoms with Crippen molar-refractivity contribution in [3.8, 4) is 0 Å². The second kappa shape index (κ2) is 5.08. The number of ketones is 1. The van der Waals surface area contributed by atoms with Crippen LogP contribution in [0.1, 0.15) is 27.0 Å². The molecule has 0 saturated carbocycles. The Balaban J connectivity index is 2.21. The molecule has 2 aromatic rings. The highest BCUT2D eigenvalue weighted by atomic mass is 19.1. The molecule has 0 aliphatic carbocycles. The Morgan fingerprint density at radius 1 is 1.22 bits per heavy atom. The summed E-state index contributed by atoms with van der Waals surface area (Å²) < 4.78 is 13.0. The number of hydrogen-bond donors (Lipinski definition) is 0. The van der Waals surface area contributed by atoms with Crippen LogP contribution >= 0.6 is 0 Å². The van der Waals surface area contributed by atoms with Crippen molar-refractivity contribution in [1.29, 1.82) is 0 Å². The summed E-state index contributed by atoms with van der Waals surface area (Å²) in [6, 6.07) is 6.29. The van der Waals surface area contributed by atoms with Crippen molar-refractivity contribution in [3.63, 3.8) is 0 Å². The van der Waals surface area contributed by atoms with E-state index in [1.165, 1.54) is 12.1 Å². The minimum atomic E-state index is -0.277. The lowest BCUT2D eigenvalue weighted by molar-refractivity contribution is 0.0992. The topological polar surface area (TPSA) is 30.0 Å². The third-order valence-corrected chi connectivity index (χ3v) is 2.85. The number of nitrogens with zero attached hydrogens (tertiary/aromatic N) is 1. The second-order valence-corrected chi connectivity index (χ2v) is 4.42. The molecule has 0 aliphatic rings. The van der Waals surface area contributed by atoms with Gasteiger partial charge in [-0.3, -0.25) is 9.78 Å². The maximum Gasteiger partial charge on any atom is 0.168 e. The number of carbonyl (C=O) groups excluding carboxylic acids is 1. The average molecular weight is 243 g/mol. The molecule has 0 radical (unpaired) electrons. The summed E-state index contributed by atoms with van der Waals surface area (Å²) >= 11 is 0. The average Bonchev–Trinajstić information content (AvgIpc) is 2.32. The van der Waals surface area contributed by atoms with Gasteiger partial charge in [0, 0.05) is 24.4 Å². The van der Waals surface area contributed by atoms with Crippen molar-refractivity contribution in [2.75, 3.05) is 0 Å². The third-order valence-electron chi connectivity index (χ3n) is 2.85. The van der Waals surface area contributed by atoms with Crippen LogP contribution in [0.3, 0.4) is 0 Å². The quantitative estimate of drug-likeness (QED) is 0.774. The summed E-state index contributed by atoms with van der Waals surface area (Å²) in [7, 11) is 0. The molecule has 1 aromatic carbocycles. The monoisotopic (exact) mass is 243 g/mol. The lowest BCUT2D eigenvalue weighted by Crippen LogP contribution is -2.05. The van der Waals surface area contributed by atoms with Crippen LogP contribution in [0.4, 0.5) is 4.39 Å². The SMILES string of the molecule is Cc1cncc(C(=O)Cc2ccc(F)cc2C)c1. The summed E-state index contributed by atoms with van der Waals surface area (Å²) in [6.07, 6.45) is 3.55. The fourth-order valence-electron chi connectivity index (χ4n) is 1.84. The normalized spacial score (nSPS) is 10.4. The lowest BCUT2D eigenvalue weighted by Gasteiger charge is -2.05. The first-order valence-electron chi connectivity index (χ1n) is 5.76. The van der Waals surface area contributed by atoms with Crippen LogP contribution in [0.25, 0.3) is 0 Å². The largest absolute Gasteiger partial charge is 0.294 e. The smallest absolute Gasteiger partial charge is 0.168 e. The zero-order valence-electron chi connectivity index (χ0n) is 10.4. The first kappa shape index (κ1) is 12.4. The minimum Gasteiger partial charge on any atom is -0.294 e. The van der Waals surface area contributed by atoms with Crippen LogP contribution in [-0.2, 0) is 6.42 Å². The van der Waals surface area contributed by atoms with E-state index in [0.717, 1.165) is 16.7 Å². The first-order valence-corrected chi connectivity index (χ1v) is 5.76. The fraction of sp³-hybridized carbons (Fsp3) is 0.200. The highest BCUT2D eigenvalue weighted by Gasteiger charge is 2.09. The van der Waals surface area contributed by atoms with Crippen LogP contribution in [0.15, 0.2) is 36.7 Å². The van der Waals surface area contributed by atoms with E-state index in [9.17, 15) is 9.18 Å². The Labute approximate surface area is 105 Å². The summed E-state index contributed by atoms with van der Waals surface area (Å²) in [5, 5.41) is 0. The minimum absolute atomic E-state index is 0.000841. The summed E-state index contributed by atoms with van der Waals surface area (Å²) in [6.45, 7) is 3.70. The van der Waals surface area contributed by atoms with Crippen molar-refractivity contribution in [2.24, 2.45) is 0 Å². The van der Waals surface area contributed by atoms with E-state index in [4.69, 9.17) is 0 Å². The molecule has 18 heavy (non-hydrogen) atoms. The van der Waals surface area contributed by atoms with Crippen molar-refractivity contribution in [2.45, 2.75) is 20.3 Å². The Bertz CT molecular complexity index is 593. The zero-order valence-corrected chi connectivity index (χ0v) is 10.4. The van der Waals surface area contributed by atoms with Crippen LogP contribution in [0, 0.1) is 19.7 Å². The fourth-order valence-corrected chi connectivity index (χ4v) is 1.84. The maximum atomic E-state index is 13.0. The number of halogens is 1. The van der Waals surface area contributed by atoms with Crippen LogP contribution in [0.2, 0.25) is 0 Å². The predicted molar refractivity (Wildman–Crippen MR) is 68.1 cm³/mol. The Morgan fingerprint density at radius 3 is 2.67 bits per heavy atom. The van der Waals surface area contributed by atoms with Gasteiger partial charge in [-0.05, 0) is 48.7 Å². The van der Waals surface area contributed by atoms with Crippen LogP contribution in [0.5, 0.6) is 0 Å². The standard InChI is InChI=1S/C15H14FNO/c1-10-5-13(9-17-8-10)15(18)7-12-3-4-14(16)6-11(12)2/h3-6,8-9H,7H2,1-2H3. The maximum absolute atomic E-state index is 13.0. The molecule has 0 fully saturated rings. The molecule has 92 valence electrons. The molecule has 0 atom stereocenters. The molecule has 1 heterocycles. The molecule has 1 aromatic heterocycles. The summed E-state index contributed by atoms with van der Waals surface area (Å²) in [4.78, 5) is 16.1. The molecule has 0 unspecified atom stereocenters. The van der Waals surface area contributed by atoms with Gasteiger partial charge in [0.15, 0.2) is 5.78 Å². The number of hydrogen-bond acceptors (Lipinski definition) is 2. The molecule has 2 rings (SSSR count). The zero-order chi connectivity index (χ0) is 13.1. The third kappa shape index (κ3) is 2.80. The van der Waals surface area contributed by atoms with Gasteiger partial charge in [-0.1, -0.05) is 6.07 Å². The molecule has 0 N–H and O–H groups in total. The van der Waals surface area contributed by atoms with Gasteiger partial charge in [-0.2, -0.15) is 0 Å². The number of rotatable bonds is 3. The van der Waals surface area contributed by atoms with Crippen LogP contribution < -0.4 is 0 Å². The van der Waals surface area contributed by atoms with E-state index < -0.39 is 0 Å². The van der Waals surface area contributed by atoms with E-state index >= 15 is 0 Å². The molecule has 0 saturated heterocycles. The van der Waals surface area contributed by atoms with Gasteiger partial charge in [0.05, 0.1) is 0 Å². The van der Waals surface area contributed by atoms with Crippen molar-refractivity contribution >= 4 is 5.78 Å². The second-order valence-electron chi connectivity index (χ2n) is 4.42. The Morgan fingerprint density at radius 2 is 2.00 bits per heavy atom. The number of Topliss-reactive ketones (excluding diaryl/α,β-unsaturated/α-hetero) is 1. The molecular weight excluding hydrogens is 229 g/mol. The summed E-state index contributed by atoms with van der Waals surface area (Å²) in [5.74, 6) is -0.276. The van der Waals surface area contributed by atoms with Gasteiger partial charge >= 0.3 is 0 Å². The predicted octanol–water partition coefficient (Wildman–Crippen LogP) is 3.26. The molecule has 0 amide bonds. The Hall–Kier alpha value is -2.03. The number of aryl methyl sites for hydroxylation is 2. The molecule has 3 heteroatoms. The van der Waals surface area contributed by atoms with Gasteiger partial charge < -0.3 is 0 Å². The van der Waals surface area contributed by atoms with Gasteiger partial charge in [0.2, 0.25) is 0 Å². The number of pyridine rings is 1. The Kier molecular flexibility index (Phi) is 3.51. The molecule has 0 bridgehead atoms. The van der Waals surface area contributed by atoms with Gasteiger partial charge in [-0.25, -0.2) is 4.39 Å². The van der Waals surface area contributed by atoms with E-state index in [1.54, 1.807) is 25.4 Å². The number of benzene rings is 1. The van der Waals surface area contributed by atoms with E-state index in [1.807, 2.05) is 13.0 Å². The van der Waals surface area contributed by atoms with Crippen molar-refractivity contribution < 1.29 is 9.18 Å². The number of aromatic nitrogens is 1. The van der Waals surface area contributed by atoms with Gasteiger partial charge in [-0.15, -0.1) is 0 Å². The number of carbonyl (C=O) groups is 1. The van der Waals surface area contributed by atoms with Gasteiger partial charge in [0.25, 0.3) is 0 Å². The van der Waals surface area contributed by atoms with E-state index in [2.05, 4.69) is 4.98 Å². The molecule has 2 nitrogen and oxygen atoms in total. The van der Waals surface area contributed by atoms with Crippen molar-refractivity contribution in [3.05, 3.63) is 64.7 Å². The lowest BCUT2D eigenvalue weighted by atomic mass is 10.00.